The van der Waals surface area contributed by atoms with Gasteiger partial charge in [0.05, 0.1) is 10.5 Å². The van der Waals surface area contributed by atoms with Crippen LogP contribution in [0, 0.1) is 5.92 Å². The summed E-state index contributed by atoms with van der Waals surface area (Å²) >= 11 is 0. The lowest BCUT2D eigenvalue weighted by Crippen LogP contribution is -2.33. The quantitative estimate of drug-likeness (QED) is 0.814. The van der Waals surface area contributed by atoms with Crippen molar-refractivity contribution in [3.8, 4) is 0 Å². The van der Waals surface area contributed by atoms with Crippen molar-refractivity contribution >= 4 is 21.7 Å². The fourth-order valence-electron chi connectivity index (χ4n) is 1.53. The van der Waals surface area contributed by atoms with Crippen molar-refractivity contribution in [1.82, 2.24) is 5.32 Å². The SMILES string of the molecule is CC(C)CNC(=O)CS(=O)(=O)c1ccccc1C(=O)O. The second kappa shape index (κ2) is 6.51. The number of rotatable bonds is 6. The maximum atomic E-state index is 12.1. The average Bonchev–Trinajstić information content (AvgIpc) is 2.36. The second-order valence-electron chi connectivity index (χ2n) is 4.76. The molecule has 0 spiro atoms. The van der Waals surface area contributed by atoms with Crippen LogP contribution in [0.1, 0.15) is 24.2 Å². The van der Waals surface area contributed by atoms with E-state index in [0.717, 1.165) is 0 Å². The summed E-state index contributed by atoms with van der Waals surface area (Å²) in [7, 11) is -3.98. The molecule has 1 aromatic rings. The average molecular weight is 299 g/mol. The smallest absolute Gasteiger partial charge is 0.337 e. The predicted molar refractivity (Wildman–Crippen MR) is 73.3 cm³/mol. The first-order chi connectivity index (χ1) is 9.24. The molecule has 0 bridgehead atoms. The molecule has 0 fully saturated rings. The highest BCUT2D eigenvalue weighted by atomic mass is 32.2. The molecule has 0 saturated heterocycles. The molecule has 1 aromatic carbocycles. The number of carboxylic acid groups (broad SMARTS) is 1. The van der Waals surface area contributed by atoms with Crippen LogP contribution in [0.4, 0.5) is 0 Å². The summed E-state index contributed by atoms with van der Waals surface area (Å²) < 4.78 is 24.2. The minimum atomic E-state index is -3.98. The summed E-state index contributed by atoms with van der Waals surface area (Å²) in [6, 6.07) is 5.24. The first kappa shape index (κ1) is 16.2. The zero-order valence-corrected chi connectivity index (χ0v) is 12.1. The molecule has 0 aromatic heterocycles. The van der Waals surface area contributed by atoms with E-state index >= 15 is 0 Å². The molecule has 0 saturated carbocycles. The van der Waals surface area contributed by atoms with Gasteiger partial charge in [-0.25, -0.2) is 13.2 Å². The second-order valence-corrected chi connectivity index (χ2v) is 6.72. The Hall–Kier alpha value is -1.89. The summed E-state index contributed by atoms with van der Waals surface area (Å²) in [5.74, 6) is -2.54. The number of nitrogens with one attached hydrogen (secondary N) is 1. The maximum absolute atomic E-state index is 12.1. The van der Waals surface area contributed by atoms with Crippen LogP contribution in [-0.2, 0) is 14.6 Å². The van der Waals surface area contributed by atoms with Gasteiger partial charge in [-0.3, -0.25) is 4.79 Å². The van der Waals surface area contributed by atoms with E-state index in [1.165, 1.54) is 24.3 Å². The van der Waals surface area contributed by atoms with E-state index in [1.54, 1.807) is 0 Å². The normalized spacial score (nSPS) is 11.3. The highest BCUT2D eigenvalue weighted by Crippen LogP contribution is 2.17. The molecular weight excluding hydrogens is 282 g/mol. The molecule has 0 atom stereocenters. The molecule has 1 amide bonds. The highest BCUT2D eigenvalue weighted by molar-refractivity contribution is 7.92. The van der Waals surface area contributed by atoms with Crippen molar-refractivity contribution in [3.05, 3.63) is 29.8 Å². The summed E-state index contributed by atoms with van der Waals surface area (Å²) in [6.45, 7) is 4.14. The number of carboxylic acids is 1. The Morgan fingerprint density at radius 1 is 1.25 bits per heavy atom. The zero-order chi connectivity index (χ0) is 15.3. The van der Waals surface area contributed by atoms with E-state index in [0.29, 0.717) is 6.54 Å². The summed E-state index contributed by atoms with van der Waals surface area (Å²) in [4.78, 5) is 22.2. The van der Waals surface area contributed by atoms with Crippen LogP contribution in [0.2, 0.25) is 0 Å². The molecule has 20 heavy (non-hydrogen) atoms. The Morgan fingerprint density at radius 3 is 2.40 bits per heavy atom. The number of amides is 1. The number of carbonyl (C=O) groups is 2. The van der Waals surface area contributed by atoms with Crippen molar-refractivity contribution in [2.75, 3.05) is 12.3 Å². The van der Waals surface area contributed by atoms with Gasteiger partial charge in [-0.05, 0) is 18.1 Å². The minimum Gasteiger partial charge on any atom is -0.478 e. The van der Waals surface area contributed by atoms with Crippen LogP contribution in [0.5, 0.6) is 0 Å². The number of carbonyl (C=O) groups excluding carboxylic acids is 1. The molecule has 0 aliphatic heterocycles. The molecule has 0 unspecified atom stereocenters. The third kappa shape index (κ3) is 4.34. The van der Waals surface area contributed by atoms with Gasteiger partial charge in [-0.1, -0.05) is 26.0 Å². The Kier molecular flexibility index (Phi) is 5.26. The molecule has 0 radical (unpaired) electrons. The van der Waals surface area contributed by atoms with Gasteiger partial charge >= 0.3 is 5.97 Å². The third-order valence-electron chi connectivity index (χ3n) is 2.48. The fourth-order valence-corrected chi connectivity index (χ4v) is 2.91. The van der Waals surface area contributed by atoms with Crippen LogP contribution in [-0.4, -0.2) is 37.7 Å². The predicted octanol–water partition coefficient (Wildman–Crippen LogP) is 0.931. The molecule has 6 nitrogen and oxygen atoms in total. The van der Waals surface area contributed by atoms with Crippen LogP contribution < -0.4 is 5.32 Å². The Labute approximate surface area is 117 Å². The van der Waals surface area contributed by atoms with E-state index < -0.39 is 27.5 Å². The van der Waals surface area contributed by atoms with Gasteiger partial charge in [-0.15, -0.1) is 0 Å². The molecule has 0 aliphatic carbocycles. The molecule has 1 rings (SSSR count). The molecule has 110 valence electrons. The topological polar surface area (TPSA) is 101 Å². The van der Waals surface area contributed by atoms with Crippen molar-refractivity contribution in [3.63, 3.8) is 0 Å². The van der Waals surface area contributed by atoms with Crippen LogP contribution in [0.3, 0.4) is 0 Å². The minimum absolute atomic E-state index is 0.202. The largest absolute Gasteiger partial charge is 0.478 e. The first-order valence-corrected chi connectivity index (χ1v) is 7.71. The summed E-state index contributed by atoms with van der Waals surface area (Å²) in [5, 5.41) is 11.5. The van der Waals surface area contributed by atoms with Crippen molar-refractivity contribution in [1.29, 1.82) is 0 Å². The zero-order valence-electron chi connectivity index (χ0n) is 11.3. The van der Waals surface area contributed by atoms with Crippen LogP contribution in [0.25, 0.3) is 0 Å². The molecule has 7 heteroatoms. The molecule has 2 N–H and O–H groups in total. The standard InChI is InChI=1S/C13H17NO5S/c1-9(2)7-14-12(15)8-20(18,19)11-6-4-3-5-10(11)13(16)17/h3-6,9H,7-8H2,1-2H3,(H,14,15)(H,16,17). The molecule has 0 heterocycles. The number of benzene rings is 1. The maximum Gasteiger partial charge on any atom is 0.337 e. The summed E-state index contributed by atoms with van der Waals surface area (Å²) in [6.07, 6.45) is 0. The van der Waals surface area contributed by atoms with Gasteiger partial charge < -0.3 is 10.4 Å². The van der Waals surface area contributed by atoms with E-state index in [-0.39, 0.29) is 16.4 Å². The Bertz CT molecular complexity index is 607. The lowest BCUT2D eigenvalue weighted by atomic mass is 10.2. The third-order valence-corrected chi connectivity index (χ3v) is 4.15. The first-order valence-electron chi connectivity index (χ1n) is 6.06. The van der Waals surface area contributed by atoms with E-state index in [9.17, 15) is 18.0 Å². The van der Waals surface area contributed by atoms with E-state index in [4.69, 9.17) is 5.11 Å². The van der Waals surface area contributed by atoms with Crippen molar-refractivity contribution < 1.29 is 23.1 Å². The lowest BCUT2D eigenvalue weighted by Gasteiger charge is -2.09. The van der Waals surface area contributed by atoms with E-state index in [2.05, 4.69) is 5.32 Å². The Morgan fingerprint density at radius 2 is 1.85 bits per heavy atom. The lowest BCUT2D eigenvalue weighted by molar-refractivity contribution is -0.118. The van der Waals surface area contributed by atoms with Crippen molar-refractivity contribution in [2.45, 2.75) is 18.7 Å². The molecular formula is C13H17NO5S. The number of hydrogen-bond acceptors (Lipinski definition) is 4. The number of sulfone groups is 1. The van der Waals surface area contributed by atoms with Crippen molar-refractivity contribution in [2.24, 2.45) is 5.92 Å². The van der Waals surface area contributed by atoms with Gasteiger partial charge in [-0.2, -0.15) is 0 Å². The molecule has 0 aliphatic rings. The van der Waals surface area contributed by atoms with Crippen LogP contribution in [0.15, 0.2) is 29.2 Å². The number of aromatic carboxylic acids is 1. The monoisotopic (exact) mass is 299 g/mol. The number of hydrogen-bond donors (Lipinski definition) is 2. The van der Waals surface area contributed by atoms with Gasteiger partial charge in [0, 0.05) is 6.54 Å². The highest BCUT2D eigenvalue weighted by Gasteiger charge is 2.24. The van der Waals surface area contributed by atoms with Gasteiger partial charge in [0.2, 0.25) is 5.91 Å². The van der Waals surface area contributed by atoms with Gasteiger partial charge in [0.15, 0.2) is 9.84 Å². The Balaban J connectivity index is 2.95. The van der Waals surface area contributed by atoms with Gasteiger partial charge in [0.25, 0.3) is 0 Å². The summed E-state index contributed by atoms with van der Waals surface area (Å²) in [5.41, 5.74) is -0.329. The van der Waals surface area contributed by atoms with E-state index in [1.807, 2.05) is 13.8 Å². The fraction of sp³-hybridized carbons (Fsp3) is 0.385. The van der Waals surface area contributed by atoms with Crippen LogP contribution >= 0.6 is 0 Å². The van der Waals surface area contributed by atoms with Gasteiger partial charge in [0.1, 0.15) is 5.75 Å².